The number of carboxylic acids is 1. The van der Waals surface area contributed by atoms with Crippen LogP contribution in [0.15, 0.2) is 35.5 Å². The maximum Gasteiger partial charge on any atom is 0.341 e. The van der Waals surface area contributed by atoms with E-state index in [0.29, 0.717) is 55.2 Å². The zero-order valence-corrected chi connectivity index (χ0v) is 22.5. The van der Waals surface area contributed by atoms with Gasteiger partial charge in [-0.05, 0) is 44.0 Å². The van der Waals surface area contributed by atoms with E-state index in [4.69, 9.17) is 9.72 Å². The van der Waals surface area contributed by atoms with E-state index in [9.17, 15) is 19.5 Å². The molecule has 0 bridgehead atoms. The molecule has 0 unspecified atom stereocenters. The summed E-state index contributed by atoms with van der Waals surface area (Å²) < 4.78 is 11.2. The molecule has 4 aromatic heterocycles. The molecule has 1 saturated heterocycles. The van der Waals surface area contributed by atoms with Gasteiger partial charge in [0.05, 0.1) is 17.9 Å². The molecule has 2 N–H and O–H groups in total. The van der Waals surface area contributed by atoms with Crippen molar-refractivity contribution < 1.29 is 19.4 Å². The van der Waals surface area contributed by atoms with Gasteiger partial charge >= 0.3 is 5.97 Å². The minimum Gasteiger partial charge on any atom is -0.477 e. The number of nitrogens with one attached hydrogen (secondary N) is 1. The first-order valence-corrected chi connectivity index (χ1v) is 13.2. The molecule has 1 aliphatic rings. The summed E-state index contributed by atoms with van der Waals surface area (Å²) in [6, 6.07) is 3.64. The molecular formula is C26H27N7O5S. The van der Waals surface area contributed by atoms with Gasteiger partial charge in [-0.3, -0.25) is 19.1 Å². The standard InChI is InChI=1S/C26H27N7O5S/c1-4-38-6-5-28-24(35)17-11-32(12-17)19-8-15(3)20-21(34)18(25(36)37)13-33(23(20)29-19)26-30-22(31-39-26)16-7-14(2)9-27-10-16/h7-10,13,17H,4-6,11-12H2,1-3H3,(H,28,35)(H,36,37). The molecule has 0 aromatic carbocycles. The number of aromatic nitrogens is 5. The number of amides is 1. The SMILES string of the molecule is CCOCCNC(=O)C1CN(c2cc(C)c3c(=O)c(C(=O)O)cn(-c4nc(-c5cncc(C)c5)ns4)c3n2)C1. The predicted octanol–water partition coefficient (Wildman–Crippen LogP) is 2.20. The molecule has 12 nitrogen and oxygen atoms in total. The van der Waals surface area contributed by atoms with E-state index in [1.807, 2.05) is 24.8 Å². The number of ether oxygens (including phenoxy) is 1. The van der Waals surface area contributed by atoms with Gasteiger partial charge < -0.3 is 20.1 Å². The maximum absolute atomic E-state index is 13.1. The molecule has 202 valence electrons. The topological polar surface area (TPSA) is 152 Å². The average Bonchev–Trinajstić information content (AvgIpc) is 3.36. The Morgan fingerprint density at radius 1 is 1.21 bits per heavy atom. The van der Waals surface area contributed by atoms with Gasteiger partial charge in [0.15, 0.2) is 11.5 Å². The molecule has 0 saturated carbocycles. The van der Waals surface area contributed by atoms with E-state index < -0.39 is 11.4 Å². The molecule has 0 spiro atoms. The number of hydrogen-bond acceptors (Lipinski definition) is 10. The molecule has 1 fully saturated rings. The number of nitrogens with zero attached hydrogens (tertiary/aromatic N) is 6. The van der Waals surface area contributed by atoms with E-state index in [-0.39, 0.29) is 28.4 Å². The Morgan fingerprint density at radius 2 is 2.00 bits per heavy atom. The molecule has 1 amide bonds. The number of aryl methyl sites for hydroxylation is 2. The van der Waals surface area contributed by atoms with Crippen LogP contribution in [0.3, 0.4) is 0 Å². The number of carbonyl (C=O) groups is 2. The first kappa shape index (κ1) is 26.4. The Morgan fingerprint density at radius 3 is 2.72 bits per heavy atom. The average molecular weight is 550 g/mol. The molecule has 39 heavy (non-hydrogen) atoms. The van der Waals surface area contributed by atoms with Crippen LogP contribution in [0.5, 0.6) is 0 Å². The normalized spacial score (nSPS) is 13.5. The molecule has 5 heterocycles. The van der Waals surface area contributed by atoms with Gasteiger partial charge in [-0.2, -0.15) is 9.36 Å². The first-order valence-electron chi connectivity index (χ1n) is 12.4. The van der Waals surface area contributed by atoms with Gasteiger partial charge in [-0.25, -0.2) is 9.78 Å². The van der Waals surface area contributed by atoms with Crippen LogP contribution in [0, 0.1) is 19.8 Å². The molecule has 0 atom stereocenters. The Bertz CT molecular complexity index is 1630. The molecule has 0 radical (unpaired) electrons. The zero-order chi connectivity index (χ0) is 27.7. The van der Waals surface area contributed by atoms with Crippen molar-refractivity contribution in [1.82, 2.24) is 29.2 Å². The lowest BCUT2D eigenvalue weighted by Gasteiger charge is -2.39. The number of hydrogen-bond donors (Lipinski definition) is 2. The zero-order valence-electron chi connectivity index (χ0n) is 21.7. The summed E-state index contributed by atoms with van der Waals surface area (Å²) in [5.74, 6) is -0.549. The van der Waals surface area contributed by atoms with Crippen molar-refractivity contribution in [1.29, 1.82) is 0 Å². The van der Waals surface area contributed by atoms with Crippen LogP contribution in [-0.2, 0) is 9.53 Å². The summed E-state index contributed by atoms with van der Waals surface area (Å²) in [4.78, 5) is 53.0. The number of carbonyl (C=O) groups excluding carboxylic acids is 1. The number of carboxylic acid groups (broad SMARTS) is 1. The van der Waals surface area contributed by atoms with Crippen molar-refractivity contribution in [3.63, 3.8) is 0 Å². The maximum atomic E-state index is 13.1. The number of aromatic carboxylic acids is 1. The van der Waals surface area contributed by atoms with Crippen LogP contribution in [0.1, 0.15) is 28.4 Å². The van der Waals surface area contributed by atoms with Crippen LogP contribution < -0.4 is 15.6 Å². The number of anilines is 1. The third kappa shape index (κ3) is 5.22. The predicted molar refractivity (Wildman–Crippen MR) is 146 cm³/mol. The molecule has 4 aromatic rings. The summed E-state index contributed by atoms with van der Waals surface area (Å²) in [5.41, 5.74) is 1.51. The summed E-state index contributed by atoms with van der Waals surface area (Å²) in [6.07, 6.45) is 4.62. The highest BCUT2D eigenvalue weighted by Crippen LogP contribution is 2.29. The fraction of sp³-hybridized carbons (Fsp3) is 0.346. The highest BCUT2D eigenvalue weighted by molar-refractivity contribution is 7.08. The van der Waals surface area contributed by atoms with E-state index in [2.05, 4.69) is 19.7 Å². The third-order valence-corrected chi connectivity index (χ3v) is 7.17. The lowest BCUT2D eigenvalue weighted by atomic mass is 9.98. The first-order chi connectivity index (χ1) is 18.8. The molecular weight excluding hydrogens is 522 g/mol. The number of pyridine rings is 3. The minimum absolute atomic E-state index is 0.0431. The van der Waals surface area contributed by atoms with E-state index >= 15 is 0 Å². The number of fused-ring (bicyclic) bond motifs is 1. The second-order valence-electron chi connectivity index (χ2n) is 9.28. The summed E-state index contributed by atoms with van der Waals surface area (Å²) in [6.45, 7) is 8.02. The van der Waals surface area contributed by atoms with Crippen molar-refractivity contribution in [3.8, 4) is 16.5 Å². The molecule has 13 heteroatoms. The quantitative estimate of drug-likeness (QED) is 0.297. The smallest absolute Gasteiger partial charge is 0.341 e. The van der Waals surface area contributed by atoms with Crippen LogP contribution >= 0.6 is 11.5 Å². The fourth-order valence-corrected chi connectivity index (χ4v) is 5.08. The highest BCUT2D eigenvalue weighted by Gasteiger charge is 2.34. The second-order valence-corrected chi connectivity index (χ2v) is 10.0. The van der Waals surface area contributed by atoms with E-state index in [0.717, 1.165) is 22.7 Å². The Kier molecular flexibility index (Phi) is 7.35. The van der Waals surface area contributed by atoms with Crippen LogP contribution in [0.2, 0.25) is 0 Å². The van der Waals surface area contributed by atoms with Gasteiger partial charge in [0.2, 0.25) is 16.5 Å². The lowest BCUT2D eigenvalue weighted by molar-refractivity contribution is -0.125. The highest BCUT2D eigenvalue weighted by atomic mass is 32.1. The van der Waals surface area contributed by atoms with Gasteiger partial charge in [0, 0.05) is 61.9 Å². The largest absolute Gasteiger partial charge is 0.477 e. The van der Waals surface area contributed by atoms with Crippen molar-refractivity contribution in [3.05, 3.63) is 57.6 Å². The summed E-state index contributed by atoms with van der Waals surface area (Å²) in [7, 11) is 0. The molecule has 0 aliphatic carbocycles. The summed E-state index contributed by atoms with van der Waals surface area (Å²) in [5, 5.41) is 13.2. The lowest BCUT2D eigenvalue weighted by Crippen LogP contribution is -2.54. The summed E-state index contributed by atoms with van der Waals surface area (Å²) >= 11 is 1.06. The van der Waals surface area contributed by atoms with Gasteiger partial charge in [0.25, 0.3) is 0 Å². The van der Waals surface area contributed by atoms with Crippen molar-refractivity contribution >= 4 is 40.3 Å². The third-order valence-electron chi connectivity index (χ3n) is 6.45. The van der Waals surface area contributed by atoms with E-state index in [1.54, 1.807) is 25.4 Å². The van der Waals surface area contributed by atoms with Gasteiger partial charge in [0.1, 0.15) is 11.4 Å². The Hall–Kier alpha value is -4.23. The van der Waals surface area contributed by atoms with Crippen LogP contribution in [0.25, 0.3) is 27.6 Å². The molecule has 5 rings (SSSR count). The minimum atomic E-state index is -1.34. The Labute approximate surface area is 227 Å². The fourth-order valence-electron chi connectivity index (χ4n) is 4.41. The number of rotatable bonds is 9. The molecule has 1 aliphatic heterocycles. The van der Waals surface area contributed by atoms with Gasteiger partial charge in [-0.1, -0.05) is 0 Å². The monoisotopic (exact) mass is 549 g/mol. The van der Waals surface area contributed by atoms with Crippen LogP contribution in [-0.4, -0.2) is 73.7 Å². The second kappa shape index (κ2) is 10.9. The van der Waals surface area contributed by atoms with Crippen molar-refractivity contribution in [2.24, 2.45) is 5.92 Å². The van der Waals surface area contributed by atoms with Crippen molar-refractivity contribution in [2.75, 3.05) is 37.7 Å². The van der Waals surface area contributed by atoms with Crippen molar-refractivity contribution in [2.45, 2.75) is 20.8 Å². The van der Waals surface area contributed by atoms with Gasteiger partial charge in [-0.15, -0.1) is 0 Å². The van der Waals surface area contributed by atoms with Crippen LogP contribution in [0.4, 0.5) is 5.82 Å². The van der Waals surface area contributed by atoms with E-state index in [1.165, 1.54) is 10.8 Å². The Balaban J connectivity index is 1.50.